The second kappa shape index (κ2) is 4.14. The zero-order chi connectivity index (χ0) is 10.8. The highest BCUT2D eigenvalue weighted by Gasteiger charge is 2.43. The molecule has 0 unspecified atom stereocenters. The molecule has 0 aromatic carbocycles. The van der Waals surface area contributed by atoms with E-state index in [9.17, 15) is 8.42 Å². The van der Waals surface area contributed by atoms with Crippen LogP contribution in [0.4, 0.5) is 0 Å². The van der Waals surface area contributed by atoms with Crippen LogP contribution in [0.15, 0.2) is 0 Å². The molecule has 0 atom stereocenters. The van der Waals surface area contributed by atoms with Crippen LogP contribution in [0.1, 0.15) is 13.3 Å². The predicted molar refractivity (Wildman–Crippen MR) is 54.4 cm³/mol. The number of nitrogens with zero attached hydrogens (tertiary/aromatic N) is 1. The molecule has 1 heterocycles. The zero-order valence-corrected chi connectivity index (χ0v) is 9.51. The van der Waals surface area contributed by atoms with E-state index in [-0.39, 0.29) is 17.9 Å². The van der Waals surface area contributed by atoms with Crippen LogP contribution in [-0.4, -0.2) is 50.8 Å². The Labute approximate surface area is 85.3 Å². The number of sulfonamides is 1. The van der Waals surface area contributed by atoms with Gasteiger partial charge in [0.2, 0.25) is 10.0 Å². The minimum Gasteiger partial charge on any atom is -0.384 e. The normalized spacial score (nSPS) is 21.9. The zero-order valence-electron chi connectivity index (χ0n) is 8.69. The first-order valence-corrected chi connectivity index (χ1v) is 6.30. The summed E-state index contributed by atoms with van der Waals surface area (Å²) in [5, 5.41) is 0. The molecular weight excluding hydrogens is 204 g/mol. The van der Waals surface area contributed by atoms with Crippen molar-refractivity contribution in [3.8, 4) is 0 Å². The van der Waals surface area contributed by atoms with Crippen molar-refractivity contribution in [2.75, 3.05) is 32.6 Å². The molecule has 0 aromatic rings. The van der Waals surface area contributed by atoms with Crippen molar-refractivity contribution in [2.45, 2.75) is 18.9 Å². The molecule has 1 aliphatic rings. The molecule has 0 aromatic heterocycles. The number of hydrogen-bond acceptors (Lipinski definition) is 4. The second-order valence-electron chi connectivity index (χ2n) is 3.79. The van der Waals surface area contributed by atoms with E-state index < -0.39 is 10.0 Å². The van der Waals surface area contributed by atoms with Crippen molar-refractivity contribution in [1.82, 2.24) is 4.31 Å². The molecule has 6 heteroatoms. The highest BCUT2D eigenvalue weighted by Crippen LogP contribution is 2.24. The summed E-state index contributed by atoms with van der Waals surface area (Å²) in [6, 6.07) is 0. The Bertz CT molecular complexity index is 283. The summed E-state index contributed by atoms with van der Waals surface area (Å²) in [6.07, 6.45) is 0.809. The van der Waals surface area contributed by atoms with Crippen LogP contribution < -0.4 is 5.73 Å². The Hall–Kier alpha value is -0.170. The molecule has 0 spiro atoms. The van der Waals surface area contributed by atoms with Crippen molar-refractivity contribution < 1.29 is 13.2 Å². The van der Waals surface area contributed by atoms with Gasteiger partial charge < -0.3 is 10.5 Å². The Balaban J connectivity index is 2.46. The minimum absolute atomic E-state index is 0.0449. The molecule has 0 amide bonds. The SMILES string of the molecule is CCC1(N)CN(S(=O)(=O)CCOC)C1. The maximum absolute atomic E-state index is 11.6. The van der Waals surface area contributed by atoms with Crippen molar-refractivity contribution in [3.63, 3.8) is 0 Å². The number of rotatable bonds is 5. The molecule has 1 fully saturated rings. The molecule has 5 nitrogen and oxygen atoms in total. The summed E-state index contributed by atoms with van der Waals surface area (Å²) < 4.78 is 29.3. The molecule has 0 aliphatic carbocycles. The van der Waals surface area contributed by atoms with Crippen LogP contribution in [0.25, 0.3) is 0 Å². The number of methoxy groups -OCH3 is 1. The first-order chi connectivity index (χ1) is 6.43. The van der Waals surface area contributed by atoms with Crippen LogP contribution in [-0.2, 0) is 14.8 Å². The quantitative estimate of drug-likeness (QED) is 0.673. The first-order valence-electron chi connectivity index (χ1n) is 4.69. The summed E-state index contributed by atoms with van der Waals surface area (Å²) in [4.78, 5) is 0. The summed E-state index contributed by atoms with van der Waals surface area (Å²) in [7, 11) is -1.65. The van der Waals surface area contributed by atoms with Gasteiger partial charge in [-0.05, 0) is 6.42 Å². The standard InChI is InChI=1S/C8H18N2O3S/c1-3-8(9)6-10(7-8)14(11,12)5-4-13-2/h3-7,9H2,1-2H3. The fraction of sp³-hybridized carbons (Fsp3) is 1.00. The van der Waals surface area contributed by atoms with E-state index in [1.54, 1.807) is 0 Å². The third-order valence-electron chi connectivity index (χ3n) is 2.63. The fourth-order valence-corrected chi connectivity index (χ4v) is 2.94. The van der Waals surface area contributed by atoms with Crippen LogP contribution in [0.3, 0.4) is 0 Å². The number of nitrogens with two attached hydrogens (primary N) is 1. The van der Waals surface area contributed by atoms with Crippen molar-refractivity contribution in [1.29, 1.82) is 0 Å². The van der Waals surface area contributed by atoms with Crippen LogP contribution in [0.2, 0.25) is 0 Å². The Morgan fingerprint density at radius 2 is 2.07 bits per heavy atom. The summed E-state index contributed by atoms with van der Waals surface area (Å²) >= 11 is 0. The average molecular weight is 222 g/mol. The molecule has 0 saturated carbocycles. The fourth-order valence-electron chi connectivity index (χ4n) is 1.39. The summed E-state index contributed by atoms with van der Waals surface area (Å²) in [5.41, 5.74) is 5.58. The Morgan fingerprint density at radius 1 is 1.50 bits per heavy atom. The third-order valence-corrected chi connectivity index (χ3v) is 4.35. The monoisotopic (exact) mass is 222 g/mol. The summed E-state index contributed by atoms with van der Waals surface area (Å²) in [6.45, 7) is 3.09. The maximum atomic E-state index is 11.6. The van der Waals surface area contributed by atoms with E-state index in [1.165, 1.54) is 11.4 Å². The number of hydrogen-bond donors (Lipinski definition) is 1. The Morgan fingerprint density at radius 3 is 2.50 bits per heavy atom. The molecule has 1 saturated heterocycles. The van der Waals surface area contributed by atoms with Crippen molar-refractivity contribution >= 4 is 10.0 Å². The lowest BCUT2D eigenvalue weighted by Gasteiger charge is -2.46. The Kier molecular flexibility index (Phi) is 3.52. The molecule has 1 rings (SSSR count). The van der Waals surface area contributed by atoms with E-state index in [4.69, 9.17) is 10.5 Å². The van der Waals surface area contributed by atoms with Gasteiger partial charge in [0.25, 0.3) is 0 Å². The van der Waals surface area contributed by atoms with Gasteiger partial charge in [-0.3, -0.25) is 0 Å². The molecule has 14 heavy (non-hydrogen) atoms. The molecule has 2 N–H and O–H groups in total. The van der Waals surface area contributed by atoms with E-state index >= 15 is 0 Å². The molecular formula is C8H18N2O3S. The molecule has 0 radical (unpaired) electrons. The summed E-state index contributed by atoms with van der Waals surface area (Å²) in [5.74, 6) is 0.0449. The molecule has 1 aliphatic heterocycles. The van der Waals surface area contributed by atoms with Crippen LogP contribution in [0, 0.1) is 0 Å². The highest BCUT2D eigenvalue weighted by atomic mass is 32.2. The van der Waals surface area contributed by atoms with Gasteiger partial charge in [-0.15, -0.1) is 0 Å². The second-order valence-corrected chi connectivity index (χ2v) is 5.88. The first kappa shape index (κ1) is 11.9. The molecule has 84 valence electrons. The van der Waals surface area contributed by atoms with Gasteiger partial charge >= 0.3 is 0 Å². The van der Waals surface area contributed by atoms with Gasteiger partial charge in [0, 0.05) is 25.7 Å². The van der Waals surface area contributed by atoms with Gasteiger partial charge in [-0.25, -0.2) is 8.42 Å². The largest absolute Gasteiger partial charge is 0.384 e. The lowest BCUT2D eigenvalue weighted by Crippen LogP contribution is -2.68. The van der Waals surface area contributed by atoms with E-state index in [0.717, 1.165) is 6.42 Å². The van der Waals surface area contributed by atoms with Gasteiger partial charge in [-0.2, -0.15) is 4.31 Å². The van der Waals surface area contributed by atoms with Crippen LogP contribution in [0.5, 0.6) is 0 Å². The van der Waals surface area contributed by atoms with Crippen molar-refractivity contribution in [3.05, 3.63) is 0 Å². The van der Waals surface area contributed by atoms with E-state index in [1.807, 2.05) is 6.92 Å². The third kappa shape index (κ3) is 2.44. The van der Waals surface area contributed by atoms with Gasteiger partial charge in [0.1, 0.15) is 0 Å². The lowest BCUT2D eigenvalue weighted by molar-refractivity contribution is 0.150. The van der Waals surface area contributed by atoms with Gasteiger partial charge in [0.15, 0.2) is 0 Å². The van der Waals surface area contributed by atoms with Crippen molar-refractivity contribution in [2.24, 2.45) is 5.73 Å². The predicted octanol–water partition coefficient (Wildman–Crippen LogP) is -0.614. The van der Waals surface area contributed by atoms with Gasteiger partial charge in [-0.1, -0.05) is 6.92 Å². The number of ether oxygens (including phenoxy) is 1. The van der Waals surface area contributed by atoms with E-state index in [0.29, 0.717) is 13.1 Å². The average Bonchev–Trinajstić information content (AvgIpc) is 2.09. The smallest absolute Gasteiger partial charge is 0.216 e. The molecule has 0 bridgehead atoms. The highest BCUT2D eigenvalue weighted by molar-refractivity contribution is 7.89. The van der Waals surface area contributed by atoms with Crippen LogP contribution >= 0.6 is 0 Å². The van der Waals surface area contributed by atoms with Gasteiger partial charge in [0.05, 0.1) is 12.4 Å². The topological polar surface area (TPSA) is 72.6 Å². The van der Waals surface area contributed by atoms with E-state index in [2.05, 4.69) is 0 Å². The minimum atomic E-state index is -3.14. The maximum Gasteiger partial charge on any atom is 0.216 e. The lowest BCUT2D eigenvalue weighted by atomic mass is 9.91.